The second-order valence-corrected chi connectivity index (χ2v) is 8.99. The molecule has 3 heterocycles. The highest BCUT2D eigenvalue weighted by atomic mass is 35.5. The Labute approximate surface area is 188 Å². The average molecular weight is 474 g/mol. The number of halogens is 2. The first-order chi connectivity index (χ1) is 15.2. The van der Waals surface area contributed by atoms with Crippen LogP contribution in [0.2, 0.25) is 5.02 Å². The summed E-state index contributed by atoms with van der Waals surface area (Å²) in [5.74, 6) is -0.375. The molecule has 4 aromatic rings. The van der Waals surface area contributed by atoms with Crippen molar-refractivity contribution in [1.29, 1.82) is 0 Å². The Balaban J connectivity index is 1.77. The number of hydrogen-bond acceptors (Lipinski definition) is 7. The second kappa shape index (κ2) is 8.56. The standard InChI is InChI=1S/C21H17ClFN5O3S/c1-31-21-19(28-32(2,29)30)9-12(11-25-21)16-5-6-17-20(27-16)18(7-8-24-17)26-13-3-4-15(23)14(22)10-13/h3-11,28H,1-2H3,(H,24,26). The van der Waals surface area contributed by atoms with Crippen molar-refractivity contribution in [2.75, 3.05) is 23.4 Å². The van der Waals surface area contributed by atoms with E-state index < -0.39 is 15.8 Å². The van der Waals surface area contributed by atoms with E-state index in [0.29, 0.717) is 33.7 Å². The Morgan fingerprint density at radius 2 is 1.88 bits per heavy atom. The van der Waals surface area contributed by atoms with Gasteiger partial charge in [-0.15, -0.1) is 0 Å². The van der Waals surface area contributed by atoms with Crippen LogP contribution in [-0.4, -0.2) is 36.7 Å². The van der Waals surface area contributed by atoms with Crippen LogP contribution in [0.15, 0.2) is 54.9 Å². The summed E-state index contributed by atoms with van der Waals surface area (Å²) >= 11 is 5.88. The van der Waals surface area contributed by atoms with Gasteiger partial charge in [0.05, 0.1) is 35.3 Å². The molecule has 32 heavy (non-hydrogen) atoms. The zero-order valence-electron chi connectivity index (χ0n) is 16.9. The summed E-state index contributed by atoms with van der Waals surface area (Å²) in [6, 6.07) is 11.2. The number of fused-ring (bicyclic) bond motifs is 1. The van der Waals surface area contributed by atoms with Crippen LogP contribution in [0, 0.1) is 5.82 Å². The van der Waals surface area contributed by atoms with Crippen LogP contribution in [-0.2, 0) is 10.0 Å². The van der Waals surface area contributed by atoms with Gasteiger partial charge in [0, 0.05) is 23.6 Å². The van der Waals surface area contributed by atoms with Gasteiger partial charge in [-0.05, 0) is 42.5 Å². The van der Waals surface area contributed by atoms with E-state index in [1.807, 2.05) is 0 Å². The molecule has 11 heteroatoms. The number of benzene rings is 1. The van der Waals surface area contributed by atoms with E-state index in [1.54, 1.807) is 36.5 Å². The molecule has 4 rings (SSSR count). The van der Waals surface area contributed by atoms with Gasteiger partial charge in [-0.2, -0.15) is 0 Å². The van der Waals surface area contributed by atoms with Gasteiger partial charge in [-0.3, -0.25) is 9.71 Å². The van der Waals surface area contributed by atoms with Crippen molar-refractivity contribution in [3.63, 3.8) is 0 Å². The molecule has 0 spiro atoms. The highest BCUT2D eigenvalue weighted by molar-refractivity contribution is 7.92. The number of ether oxygens (including phenoxy) is 1. The van der Waals surface area contributed by atoms with E-state index in [2.05, 4.69) is 25.0 Å². The first-order valence-electron chi connectivity index (χ1n) is 9.23. The predicted octanol–water partition coefficient (Wildman–Crippen LogP) is 4.61. The smallest absolute Gasteiger partial charge is 0.238 e. The summed E-state index contributed by atoms with van der Waals surface area (Å²) in [4.78, 5) is 13.2. The molecule has 0 saturated carbocycles. The first kappa shape index (κ1) is 21.7. The fourth-order valence-electron chi connectivity index (χ4n) is 3.04. The van der Waals surface area contributed by atoms with Crippen LogP contribution >= 0.6 is 11.6 Å². The van der Waals surface area contributed by atoms with Gasteiger partial charge in [-0.1, -0.05) is 11.6 Å². The Hall–Kier alpha value is -3.50. The number of sulfonamides is 1. The molecule has 3 aromatic heterocycles. The molecule has 0 aliphatic carbocycles. The number of nitrogens with one attached hydrogen (secondary N) is 2. The van der Waals surface area contributed by atoms with E-state index >= 15 is 0 Å². The van der Waals surface area contributed by atoms with Crippen molar-refractivity contribution < 1.29 is 17.5 Å². The van der Waals surface area contributed by atoms with Crippen molar-refractivity contribution in [2.24, 2.45) is 0 Å². The molecule has 0 unspecified atom stereocenters. The molecule has 0 aliphatic rings. The lowest BCUT2D eigenvalue weighted by molar-refractivity contribution is 0.400. The van der Waals surface area contributed by atoms with Crippen molar-refractivity contribution >= 4 is 49.7 Å². The molecular formula is C21H17ClFN5O3S. The minimum absolute atomic E-state index is 0.00257. The van der Waals surface area contributed by atoms with Crippen LogP contribution in [0.5, 0.6) is 5.88 Å². The van der Waals surface area contributed by atoms with Gasteiger partial charge in [0.1, 0.15) is 17.0 Å². The van der Waals surface area contributed by atoms with Crippen LogP contribution in [0.1, 0.15) is 0 Å². The number of methoxy groups -OCH3 is 1. The summed E-state index contributed by atoms with van der Waals surface area (Å²) in [7, 11) is -2.14. The van der Waals surface area contributed by atoms with Crippen LogP contribution in [0.3, 0.4) is 0 Å². The Kier molecular flexibility index (Phi) is 5.81. The molecular weight excluding hydrogens is 457 g/mol. The van der Waals surface area contributed by atoms with Gasteiger partial charge in [0.25, 0.3) is 0 Å². The zero-order valence-corrected chi connectivity index (χ0v) is 18.5. The lowest BCUT2D eigenvalue weighted by atomic mass is 10.1. The van der Waals surface area contributed by atoms with Crippen molar-refractivity contribution in [1.82, 2.24) is 15.0 Å². The third-order valence-electron chi connectivity index (χ3n) is 4.42. The normalized spacial score (nSPS) is 11.4. The minimum atomic E-state index is -3.54. The van der Waals surface area contributed by atoms with Gasteiger partial charge in [-0.25, -0.2) is 22.8 Å². The molecule has 0 saturated heterocycles. The van der Waals surface area contributed by atoms with E-state index in [9.17, 15) is 12.8 Å². The Bertz CT molecular complexity index is 1430. The third kappa shape index (κ3) is 4.71. The first-order valence-corrected chi connectivity index (χ1v) is 11.5. The van der Waals surface area contributed by atoms with Crippen LogP contribution < -0.4 is 14.8 Å². The molecule has 0 atom stereocenters. The summed E-state index contributed by atoms with van der Waals surface area (Å²) < 4.78 is 44.4. The maximum Gasteiger partial charge on any atom is 0.238 e. The van der Waals surface area contributed by atoms with E-state index in [1.165, 1.54) is 25.4 Å². The monoisotopic (exact) mass is 473 g/mol. The SMILES string of the molecule is COc1ncc(-c2ccc3nccc(Nc4ccc(F)c(Cl)c4)c3n2)cc1NS(C)(=O)=O. The second-order valence-electron chi connectivity index (χ2n) is 6.83. The van der Waals surface area contributed by atoms with Gasteiger partial charge >= 0.3 is 0 Å². The molecule has 164 valence electrons. The molecule has 1 aromatic carbocycles. The summed E-state index contributed by atoms with van der Waals surface area (Å²) in [6.07, 6.45) is 4.20. The fourth-order valence-corrected chi connectivity index (χ4v) is 3.77. The van der Waals surface area contributed by atoms with E-state index in [0.717, 1.165) is 6.26 Å². The molecule has 0 fully saturated rings. The molecule has 0 aliphatic heterocycles. The number of anilines is 3. The maximum absolute atomic E-state index is 13.5. The summed E-state index contributed by atoms with van der Waals surface area (Å²) in [5.41, 5.74) is 3.70. The zero-order chi connectivity index (χ0) is 22.9. The maximum atomic E-state index is 13.5. The van der Waals surface area contributed by atoms with Crippen molar-refractivity contribution in [3.8, 4) is 17.1 Å². The van der Waals surface area contributed by atoms with Crippen LogP contribution in [0.25, 0.3) is 22.3 Å². The molecule has 0 bridgehead atoms. The molecule has 8 nitrogen and oxygen atoms in total. The van der Waals surface area contributed by atoms with Gasteiger partial charge in [0.2, 0.25) is 15.9 Å². The quantitative estimate of drug-likeness (QED) is 0.421. The molecule has 0 amide bonds. The Morgan fingerprint density at radius 3 is 2.59 bits per heavy atom. The topological polar surface area (TPSA) is 106 Å². The van der Waals surface area contributed by atoms with Crippen molar-refractivity contribution in [3.05, 3.63) is 65.7 Å². The summed E-state index contributed by atoms with van der Waals surface area (Å²) in [6.45, 7) is 0. The highest BCUT2D eigenvalue weighted by Crippen LogP contribution is 2.31. The Morgan fingerprint density at radius 1 is 1.06 bits per heavy atom. The van der Waals surface area contributed by atoms with Crippen LogP contribution in [0.4, 0.5) is 21.5 Å². The highest BCUT2D eigenvalue weighted by Gasteiger charge is 2.14. The summed E-state index contributed by atoms with van der Waals surface area (Å²) in [5, 5.41) is 3.17. The number of rotatable bonds is 6. The number of nitrogens with zero attached hydrogens (tertiary/aromatic N) is 3. The van der Waals surface area contributed by atoms with E-state index in [4.69, 9.17) is 16.3 Å². The van der Waals surface area contributed by atoms with Gasteiger partial charge < -0.3 is 10.1 Å². The molecule has 2 N–H and O–H groups in total. The number of pyridine rings is 3. The largest absolute Gasteiger partial charge is 0.480 e. The number of hydrogen-bond donors (Lipinski definition) is 2. The van der Waals surface area contributed by atoms with Crippen molar-refractivity contribution in [2.45, 2.75) is 0 Å². The minimum Gasteiger partial charge on any atom is -0.480 e. The lowest BCUT2D eigenvalue weighted by Gasteiger charge is -2.12. The lowest BCUT2D eigenvalue weighted by Crippen LogP contribution is -2.11. The average Bonchev–Trinajstić information content (AvgIpc) is 2.75. The fraction of sp³-hybridized carbons (Fsp3) is 0.0952. The van der Waals surface area contributed by atoms with Gasteiger partial charge in [0.15, 0.2) is 0 Å². The predicted molar refractivity (Wildman–Crippen MR) is 122 cm³/mol. The number of aromatic nitrogens is 3. The molecule has 0 radical (unpaired) electrons. The van der Waals surface area contributed by atoms with E-state index in [-0.39, 0.29) is 16.6 Å². The third-order valence-corrected chi connectivity index (χ3v) is 5.30.